The fourth-order valence-electron chi connectivity index (χ4n) is 4.13. The van der Waals surface area contributed by atoms with Crippen LogP contribution < -0.4 is 0 Å². The number of alkyl halides is 1. The first-order valence-corrected chi connectivity index (χ1v) is 11.4. The number of carbonyl (C=O) groups is 3. The Morgan fingerprint density at radius 2 is 1.09 bits per heavy atom. The highest BCUT2D eigenvalue weighted by Crippen LogP contribution is 2.47. The van der Waals surface area contributed by atoms with E-state index in [1.807, 2.05) is 0 Å². The number of ketones is 3. The Bertz CT molecular complexity index is 1200. The second-order valence-corrected chi connectivity index (χ2v) is 8.80. The lowest BCUT2D eigenvalue weighted by Crippen LogP contribution is -2.69. The van der Waals surface area contributed by atoms with E-state index in [9.17, 15) is 29.7 Å². The van der Waals surface area contributed by atoms with Crippen LogP contribution in [0.25, 0.3) is 0 Å². The molecule has 1 fully saturated rings. The summed E-state index contributed by atoms with van der Waals surface area (Å²) >= 11 is 3.06. The molecule has 0 bridgehead atoms. The van der Waals surface area contributed by atoms with Gasteiger partial charge in [-0.15, -0.1) is 0 Å². The second-order valence-electron chi connectivity index (χ2n) is 7.97. The highest BCUT2D eigenvalue weighted by molar-refractivity contribution is 9.09. The van der Waals surface area contributed by atoms with Crippen molar-refractivity contribution in [2.45, 2.75) is 28.4 Å². The number of aliphatic hydroxyl groups is 3. The lowest BCUT2D eigenvalue weighted by atomic mass is 9.70. The van der Waals surface area contributed by atoms with E-state index in [0.29, 0.717) is 0 Å². The van der Waals surface area contributed by atoms with Crippen LogP contribution in [0.15, 0.2) is 91.0 Å². The summed E-state index contributed by atoms with van der Waals surface area (Å²) in [6.45, 7) is 0. The van der Waals surface area contributed by atoms with Crippen LogP contribution in [0.2, 0.25) is 0 Å². The third-order valence-corrected chi connectivity index (χ3v) is 6.84. The van der Waals surface area contributed by atoms with Gasteiger partial charge in [0.2, 0.25) is 17.2 Å². The monoisotopic (exact) mass is 524 g/mol. The van der Waals surface area contributed by atoms with E-state index < -0.39 is 45.8 Å². The van der Waals surface area contributed by atoms with Crippen LogP contribution in [0, 0.1) is 0 Å². The minimum atomic E-state index is -3.01. The fourth-order valence-corrected chi connectivity index (χ4v) is 4.92. The third-order valence-electron chi connectivity index (χ3n) is 5.97. The molecule has 0 radical (unpaired) electrons. The lowest BCUT2D eigenvalue weighted by Gasteiger charge is -2.38. The smallest absolute Gasteiger partial charge is 0.203 e. The zero-order chi connectivity index (χ0) is 24.5. The van der Waals surface area contributed by atoms with Crippen molar-refractivity contribution in [3.05, 3.63) is 108 Å². The van der Waals surface area contributed by atoms with E-state index in [4.69, 9.17) is 4.74 Å². The standard InChI is InChI=1S/C26H21BrO7/c27-24-26(33,22(31)18-14-8-3-9-15-18)25(32,21(30)17-12-6-2-7-13-17)23(34-24)20(29)19(28)16-10-4-1-5-11-16/h1-15,20,23-24,29,32-33H/t20?,23-,24+,25-,26+/m1/s1. The van der Waals surface area contributed by atoms with E-state index in [0.717, 1.165) is 0 Å². The average molecular weight is 525 g/mol. The van der Waals surface area contributed by atoms with E-state index in [1.165, 1.54) is 48.5 Å². The van der Waals surface area contributed by atoms with Gasteiger partial charge in [-0.25, -0.2) is 0 Å². The van der Waals surface area contributed by atoms with Gasteiger partial charge in [0.1, 0.15) is 12.2 Å². The summed E-state index contributed by atoms with van der Waals surface area (Å²) in [5.41, 5.74) is -5.83. The van der Waals surface area contributed by atoms with Crippen molar-refractivity contribution in [2.75, 3.05) is 0 Å². The van der Waals surface area contributed by atoms with Gasteiger partial charge in [-0.2, -0.15) is 0 Å². The summed E-state index contributed by atoms with van der Waals surface area (Å²) in [7, 11) is 0. The molecule has 0 aliphatic carbocycles. The van der Waals surface area contributed by atoms with Crippen LogP contribution in [0.4, 0.5) is 0 Å². The van der Waals surface area contributed by atoms with E-state index in [2.05, 4.69) is 15.9 Å². The minimum Gasteiger partial charge on any atom is -0.382 e. The van der Waals surface area contributed by atoms with Crippen molar-refractivity contribution in [3.63, 3.8) is 0 Å². The molecule has 174 valence electrons. The van der Waals surface area contributed by atoms with E-state index in [1.54, 1.807) is 42.5 Å². The van der Waals surface area contributed by atoms with Crippen molar-refractivity contribution in [3.8, 4) is 0 Å². The first-order chi connectivity index (χ1) is 16.2. The molecule has 0 amide bonds. The van der Waals surface area contributed by atoms with Crippen molar-refractivity contribution in [2.24, 2.45) is 0 Å². The average Bonchev–Trinajstić information content (AvgIpc) is 3.10. The van der Waals surface area contributed by atoms with Crippen molar-refractivity contribution in [1.29, 1.82) is 0 Å². The van der Waals surface area contributed by atoms with Crippen LogP contribution in [0.1, 0.15) is 31.1 Å². The van der Waals surface area contributed by atoms with Crippen LogP contribution in [0.5, 0.6) is 0 Å². The van der Waals surface area contributed by atoms with Gasteiger partial charge >= 0.3 is 0 Å². The number of benzene rings is 3. The fraction of sp³-hybridized carbons (Fsp3) is 0.192. The van der Waals surface area contributed by atoms with Gasteiger partial charge in [0.15, 0.2) is 16.4 Å². The molecule has 1 heterocycles. The molecule has 1 aliphatic rings. The Balaban J connectivity index is 1.86. The maximum Gasteiger partial charge on any atom is 0.203 e. The molecule has 4 rings (SSSR count). The van der Waals surface area contributed by atoms with Gasteiger partial charge < -0.3 is 20.1 Å². The summed E-state index contributed by atoms with van der Waals surface area (Å²) in [4.78, 5) is 40.2. The molecule has 0 saturated carbocycles. The number of hydrogen-bond donors (Lipinski definition) is 3. The van der Waals surface area contributed by atoms with Crippen LogP contribution >= 0.6 is 15.9 Å². The first kappa shape index (κ1) is 24.1. The van der Waals surface area contributed by atoms with Gasteiger partial charge in [-0.3, -0.25) is 14.4 Å². The predicted octanol–water partition coefficient (Wildman–Crippen LogP) is 2.58. The van der Waals surface area contributed by atoms with E-state index in [-0.39, 0.29) is 16.7 Å². The molecule has 3 N–H and O–H groups in total. The van der Waals surface area contributed by atoms with Crippen molar-refractivity contribution < 1.29 is 34.4 Å². The largest absolute Gasteiger partial charge is 0.382 e. The van der Waals surface area contributed by atoms with Gasteiger partial charge in [0.05, 0.1) is 0 Å². The molecule has 3 aromatic carbocycles. The Morgan fingerprint density at radius 1 is 0.706 bits per heavy atom. The molecular weight excluding hydrogens is 504 g/mol. The normalized spacial score (nSPS) is 27.2. The second kappa shape index (κ2) is 9.32. The summed E-state index contributed by atoms with van der Waals surface area (Å²) in [5.74, 6) is -2.93. The maximum absolute atomic E-state index is 13.7. The van der Waals surface area contributed by atoms with Gasteiger partial charge in [0.25, 0.3) is 0 Å². The lowest BCUT2D eigenvalue weighted by molar-refractivity contribution is -0.105. The molecule has 3 aromatic rings. The van der Waals surface area contributed by atoms with Crippen LogP contribution in [-0.2, 0) is 4.74 Å². The molecular formula is C26H21BrO7. The molecule has 1 unspecified atom stereocenters. The highest BCUT2D eigenvalue weighted by atomic mass is 79.9. The number of carbonyl (C=O) groups excluding carboxylic acids is 3. The predicted molar refractivity (Wildman–Crippen MR) is 126 cm³/mol. The number of hydrogen-bond acceptors (Lipinski definition) is 7. The molecule has 0 aromatic heterocycles. The molecule has 1 saturated heterocycles. The Hall–Kier alpha value is -3.01. The van der Waals surface area contributed by atoms with Crippen molar-refractivity contribution in [1.82, 2.24) is 0 Å². The molecule has 5 atom stereocenters. The van der Waals surface area contributed by atoms with Gasteiger partial charge in [-0.05, 0) is 0 Å². The third kappa shape index (κ3) is 3.73. The first-order valence-electron chi connectivity index (χ1n) is 10.4. The molecule has 8 heteroatoms. The van der Waals surface area contributed by atoms with Gasteiger partial charge in [0, 0.05) is 16.7 Å². The zero-order valence-corrected chi connectivity index (χ0v) is 19.3. The quantitative estimate of drug-likeness (QED) is 0.320. The molecule has 7 nitrogen and oxygen atoms in total. The SMILES string of the molecule is O=C(c1ccccc1)C(O)[C@H]1O[C@H](Br)[C@@](O)(C(=O)c2ccccc2)[C@@]1(O)C(=O)c1ccccc1. The Labute approximate surface area is 203 Å². The number of halogens is 1. The Morgan fingerprint density at radius 3 is 1.53 bits per heavy atom. The summed E-state index contributed by atoms with van der Waals surface area (Å²) in [5, 5.41) is 32.9. The summed E-state index contributed by atoms with van der Waals surface area (Å²) < 4.78 is 5.59. The maximum atomic E-state index is 13.7. The molecule has 34 heavy (non-hydrogen) atoms. The summed E-state index contributed by atoms with van der Waals surface area (Å²) in [6.07, 6.45) is -4.03. The van der Waals surface area contributed by atoms with Crippen molar-refractivity contribution >= 4 is 33.3 Å². The number of Topliss-reactive ketones (excluding diaryl/α,β-unsaturated/α-hetero) is 3. The topological polar surface area (TPSA) is 121 Å². The highest BCUT2D eigenvalue weighted by Gasteiger charge is 2.74. The minimum absolute atomic E-state index is 0.00172. The van der Waals surface area contributed by atoms with Crippen LogP contribution in [-0.4, -0.2) is 61.1 Å². The zero-order valence-electron chi connectivity index (χ0n) is 17.7. The van der Waals surface area contributed by atoms with E-state index >= 15 is 0 Å². The number of rotatable bonds is 7. The van der Waals surface area contributed by atoms with Crippen LogP contribution in [0.3, 0.4) is 0 Å². The molecule has 0 spiro atoms. The Kier molecular flexibility index (Phi) is 6.62. The summed E-state index contributed by atoms with van der Waals surface area (Å²) in [6, 6.07) is 22.8. The molecule has 1 aliphatic heterocycles. The number of ether oxygens (including phenoxy) is 1. The van der Waals surface area contributed by atoms with Gasteiger partial charge in [-0.1, -0.05) is 107 Å². The number of aliphatic hydroxyl groups excluding tert-OH is 1.